The molecular weight excluding hydrogens is 412 g/mol. The number of hydrogen-bond donors (Lipinski definition) is 0. The minimum atomic E-state index is -0.541. The maximum absolute atomic E-state index is 13.5. The summed E-state index contributed by atoms with van der Waals surface area (Å²) in [5, 5.41) is 0. The number of carbonyl (C=O) groups excluding carboxylic acids is 4. The molecule has 7 heteroatoms. The average Bonchev–Trinajstić information content (AvgIpc) is 2.93. The molecule has 0 radical (unpaired) electrons. The SMILES string of the molecule is CC(=O)O[C@@H]1CC[C@@]2(C)C(=CC(=O)[C@H]3[C@@H]4C[C@@H](OC(C)=O)[C@H](OC(C)=O)[C@@]4(C)CC[C@@H]32)C1. The number of rotatable bonds is 3. The molecule has 4 aliphatic rings. The molecule has 4 rings (SSSR count). The minimum Gasteiger partial charge on any atom is -0.462 e. The van der Waals surface area contributed by atoms with E-state index in [9.17, 15) is 19.2 Å². The molecule has 0 bridgehead atoms. The Balaban J connectivity index is 1.66. The predicted molar refractivity (Wildman–Crippen MR) is 114 cm³/mol. The Morgan fingerprint density at radius 2 is 1.56 bits per heavy atom. The second-order valence-electron chi connectivity index (χ2n) is 10.7. The molecule has 0 aromatic carbocycles. The van der Waals surface area contributed by atoms with E-state index >= 15 is 0 Å². The zero-order valence-electron chi connectivity index (χ0n) is 19.6. The Bertz CT molecular complexity index is 876. The maximum atomic E-state index is 13.5. The minimum absolute atomic E-state index is 0.0248. The summed E-state index contributed by atoms with van der Waals surface area (Å²) in [7, 11) is 0. The van der Waals surface area contributed by atoms with Gasteiger partial charge in [0.15, 0.2) is 5.78 Å². The summed E-state index contributed by atoms with van der Waals surface area (Å²) in [5.41, 5.74) is 0.558. The highest BCUT2D eigenvalue weighted by Gasteiger charge is 2.65. The largest absolute Gasteiger partial charge is 0.462 e. The molecule has 3 saturated carbocycles. The van der Waals surface area contributed by atoms with E-state index in [1.165, 1.54) is 20.8 Å². The van der Waals surface area contributed by atoms with Crippen LogP contribution < -0.4 is 0 Å². The van der Waals surface area contributed by atoms with Gasteiger partial charge in [0.05, 0.1) is 0 Å². The van der Waals surface area contributed by atoms with Gasteiger partial charge in [0.25, 0.3) is 0 Å². The lowest BCUT2D eigenvalue weighted by molar-refractivity contribution is -0.172. The molecule has 32 heavy (non-hydrogen) atoms. The summed E-state index contributed by atoms with van der Waals surface area (Å²) in [5.74, 6) is -1.02. The number of hydrogen-bond acceptors (Lipinski definition) is 7. The van der Waals surface area contributed by atoms with Gasteiger partial charge in [0, 0.05) is 38.5 Å². The molecular formula is C25H34O7. The molecule has 0 amide bonds. The number of esters is 3. The van der Waals surface area contributed by atoms with Crippen molar-refractivity contribution in [2.75, 3.05) is 0 Å². The zero-order chi connectivity index (χ0) is 23.4. The van der Waals surface area contributed by atoms with E-state index in [0.29, 0.717) is 12.8 Å². The number of ketones is 1. The van der Waals surface area contributed by atoms with Crippen molar-refractivity contribution in [3.05, 3.63) is 11.6 Å². The fourth-order valence-corrected chi connectivity index (χ4v) is 7.37. The van der Waals surface area contributed by atoms with E-state index in [-0.39, 0.29) is 41.0 Å². The van der Waals surface area contributed by atoms with Gasteiger partial charge in [-0.05, 0) is 55.4 Å². The molecule has 0 aliphatic heterocycles. The first-order valence-corrected chi connectivity index (χ1v) is 11.7. The molecule has 4 aliphatic carbocycles. The van der Waals surface area contributed by atoms with Gasteiger partial charge in [0.1, 0.15) is 18.3 Å². The molecule has 0 aromatic rings. The summed E-state index contributed by atoms with van der Waals surface area (Å²) < 4.78 is 16.7. The Morgan fingerprint density at radius 3 is 2.19 bits per heavy atom. The van der Waals surface area contributed by atoms with Crippen molar-refractivity contribution < 1.29 is 33.4 Å². The summed E-state index contributed by atoms with van der Waals surface area (Å²) in [6, 6.07) is 0. The van der Waals surface area contributed by atoms with Gasteiger partial charge in [-0.15, -0.1) is 0 Å². The van der Waals surface area contributed by atoms with Crippen LogP contribution in [0, 0.1) is 28.6 Å². The number of carbonyl (C=O) groups is 4. The van der Waals surface area contributed by atoms with E-state index in [1.54, 1.807) is 6.08 Å². The van der Waals surface area contributed by atoms with Crippen LogP contribution in [0.15, 0.2) is 11.6 Å². The van der Waals surface area contributed by atoms with E-state index in [0.717, 1.165) is 31.3 Å². The van der Waals surface area contributed by atoms with Crippen LogP contribution in [0.5, 0.6) is 0 Å². The van der Waals surface area contributed by atoms with Crippen LogP contribution in [-0.2, 0) is 33.4 Å². The summed E-state index contributed by atoms with van der Waals surface area (Å²) in [6.07, 6.45) is 5.00. The highest BCUT2D eigenvalue weighted by atomic mass is 16.6. The first-order valence-electron chi connectivity index (χ1n) is 11.7. The quantitative estimate of drug-likeness (QED) is 0.483. The van der Waals surface area contributed by atoms with E-state index < -0.39 is 29.6 Å². The molecule has 0 heterocycles. The first kappa shape index (κ1) is 23.0. The van der Waals surface area contributed by atoms with Crippen molar-refractivity contribution in [2.45, 2.75) is 91.5 Å². The molecule has 0 N–H and O–H groups in total. The zero-order valence-corrected chi connectivity index (χ0v) is 19.6. The van der Waals surface area contributed by atoms with Gasteiger partial charge in [-0.3, -0.25) is 19.2 Å². The Morgan fingerprint density at radius 1 is 0.906 bits per heavy atom. The van der Waals surface area contributed by atoms with E-state index in [4.69, 9.17) is 14.2 Å². The fraction of sp³-hybridized carbons (Fsp3) is 0.760. The summed E-state index contributed by atoms with van der Waals surface area (Å²) >= 11 is 0. The third-order valence-electron chi connectivity index (χ3n) is 8.76. The smallest absolute Gasteiger partial charge is 0.303 e. The van der Waals surface area contributed by atoms with Gasteiger partial charge in [0.2, 0.25) is 0 Å². The van der Waals surface area contributed by atoms with Crippen LogP contribution in [0.1, 0.15) is 73.1 Å². The summed E-state index contributed by atoms with van der Waals surface area (Å²) in [4.78, 5) is 48.6. The fourth-order valence-electron chi connectivity index (χ4n) is 7.37. The van der Waals surface area contributed by atoms with Crippen LogP contribution in [0.4, 0.5) is 0 Å². The lowest BCUT2D eigenvalue weighted by atomic mass is 9.47. The van der Waals surface area contributed by atoms with Gasteiger partial charge in [-0.2, -0.15) is 0 Å². The highest BCUT2D eigenvalue weighted by molar-refractivity contribution is 5.94. The van der Waals surface area contributed by atoms with Gasteiger partial charge < -0.3 is 14.2 Å². The molecule has 3 fully saturated rings. The van der Waals surface area contributed by atoms with Crippen LogP contribution in [0.25, 0.3) is 0 Å². The molecule has 176 valence electrons. The van der Waals surface area contributed by atoms with Crippen LogP contribution in [0.3, 0.4) is 0 Å². The Hall–Kier alpha value is -2.18. The Labute approximate surface area is 189 Å². The van der Waals surface area contributed by atoms with Crippen molar-refractivity contribution in [2.24, 2.45) is 28.6 Å². The first-order chi connectivity index (χ1) is 15.0. The topological polar surface area (TPSA) is 96.0 Å². The van der Waals surface area contributed by atoms with Gasteiger partial charge >= 0.3 is 17.9 Å². The van der Waals surface area contributed by atoms with E-state index in [2.05, 4.69) is 13.8 Å². The van der Waals surface area contributed by atoms with E-state index in [1.807, 2.05) is 0 Å². The molecule has 7 nitrogen and oxygen atoms in total. The van der Waals surface area contributed by atoms with Crippen molar-refractivity contribution in [3.63, 3.8) is 0 Å². The van der Waals surface area contributed by atoms with Crippen LogP contribution in [-0.4, -0.2) is 42.0 Å². The lowest BCUT2D eigenvalue weighted by Crippen LogP contribution is -2.54. The molecule has 0 saturated heterocycles. The van der Waals surface area contributed by atoms with Crippen molar-refractivity contribution in [1.29, 1.82) is 0 Å². The predicted octanol–water partition coefficient (Wildman–Crippen LogP) is 3.53. The molecule has 8 atom stereocenters. The third kappa shape index (κ3) is 3.67. The number of fused-ring (bicyclic) bond motifs is 5. The molecule has 0 spiro atoms. The van der Waals surface area contributed by atoms with Gasteiger partial charge in [-0.25, -0.2) is 0 Å². The average molecular weight is 447 g/mol. The normalized spacial score (nSPS) is 42.7. The van der Waals surface area contributed by atoms with Crippen molar-refractivity contribution >= 4 is 23.7 Å². The molecule has 0 unspecified atom stereocenters. The number of ether oxygens (including phenoxy) is 3. The standard InChI is InChI=1S/C25H34O7/c1-13(26)30-17-6-8-24(4)16(10-17)11-20(29)22-18(24)7-9-25(5)19(22)12-21(31-14(2)27)23(25)32-15(3)28/h11,17-19,21-23H,6-10,12H2,1-5H3/t17-,18+,19+,21-,22-,23+,24+,25+/m1/s1. The second kappa shape index (κ2) is 7.99. The van der Waals surface area contributed by atoms with Crippen molar-refractivity contribution in [1.82, 2.24) is 0 Å². The number of allylic oxidation sites excluding steroid dienone is 1. The highest BCUT2D eigenvalue weighted by Crippen LogP contribution is 2.65. The monoisotopic (exact) mass is 446 g/mol. The van der Waals surface area contributed by atoms with Crippen LogP contribution >= 0.6 is 0 Å². The lowest BCUT2D eigenvalue weighted by Gasteiger charge is -2.56. The molecule has 0 aromatic heterocycles. The Kier molecular flexibility index (Phi) is 5.74. The maximum Gasteiger partial charge on any atom is 0.303 e. The van der Waals surface area contributed by atoms with Crippen LogP contribution in [0.2, 0.25) is 0 Å². The summed E-state index contributed by atoms with van der Waals surface area (Å²) in [6.45, 7) is 8.48. The third-order valence-corrected chi connectivity index (χ3v) is 8.76. The van der Waals surface area contributed by atoms with Gasteiger partial charge in [-0.1, -0.05) is 19.4 Å². The second-order valence-corrected chi connectivity index (χ2v) is 10.7. The van der Waals surface area contributed by atoms with Crippen molar-refractivity contribution in [3.8, 4) is 0 Å².